The molecule has 2 aliphatic carbocycles. The highest BCUT2D eigenvalue weighted by Crippen LogP contribution is 2.60. The van der Waals surface area contributed by atoms with Crippen LogP contribution in [0.5, 0.6) is 0 Å². The van der Waals surface area contributed by atoms with Gasteiger partial charge < -0.3 is 9.47 Å². The number of nitrogens with zero attached hydrogens (tertiary/aromatic N) is 1. The second-order valence-electron chi connectivity index (χ2n) is 6.94. The van der Waals surface area contributed by atoms with Crippen molar-refractivity contribution in [3.63, 3.8) is 0 Å². The van der Waals surface area contributed by atoms with Crippen LogP contribution in [0.3, 0.4) is 0 Å². The maximum Gasteiger partial charge on any atom is 0.325 e. The van der Waals surface area contributed by atoms with Crippen LogP contribution < -0.4 is 0 Å². The fraction of sp³-hybridized carbons (Fsp3) is 0.647. The fourth-order valence-corrected chi connectivity index (χ4v) is 5.95. The molecular weight excluding hydrogens is 394 g/mol. The van der Waals surface area contributed by atoms with Crippen molar-refractivity contribution in [1.82, 2.24) is 4.90 Å². The molecule has 6 atom stereocenters. The lowest BCUT2D eigenvalue weighted by molar-refractivity contribution is -0.179. The Bertz CT molecular complexity index is 733. The molecule has 3 aliphatic heterocycles. The van der Waals surface area contributed by atoms with Gasteiger partial charge in [-0.15, -0.1) is 0 Å². The molecule has 4 fully saturated rings. The Labute approximate surface area is 152 Å². The van der Waals surface area contributed by atoms with Gasteiger partial charge in [0.15, 0.2) is 0 Å². The van der Waals surface area contributed by atoms with Gasteiger partial charge >= 0.3 is 11.9 Å². The Morgan fingerprint density at radius 3 is 2.76 bits per heavy atom. The molecular formula is C17H18BrNO6. The second kappa shape index (κ2) is 5.40. The summed E-state index contributed by atoms with van der Waals surface area (Å²) in [7, 11) is 1.27. The lowest BCUT2D eigenvalue weighted by Gasteiger charge is -2.54. The van der Waals surface area contributed by atoms with Crippen LogP contribution in [-0.4, -0.2) is 52.7 Å². The number of amides is 2. The summed E-state index contributed by atoms with van der Waals surface area (Å²) in [4.78, 5) is 51.7. The molecule has 2 bridgehead atoms. The maximum absolute atomic E-state index is 12.9. The van der Waals surface area contributed by atoms with Crippen molar-refractivity contribution in [2.75, 3.05) is 13.7 Å². The van der Waals surface area contributed by atoms with E-state index in [-0.39, 0.29) is 11.8 Å². The average molecular weight is 412 g/mol. The molecule has 0 aromatic carbocycles. The first-order chi connectivity index (χ1) is 11.9. The van der Waals surface area contributed by atoms with E-state index < -0.39 is 46.0 Å². The van der Waals surface area contributed by atoms with Crippen LogP contribution in [0.1, 0.15) is 19.8 Å². The Morgan fingerprint density at radius 2 is 2.12 bits per heavy atom. The van der Waals surface area contributed by atoms with Crippen LogP contribution in [0.2, 0.25) is 0 Å². The number of hydrogen-bond acceptors (Lipinski definition) is 6. The van der Waals surface area contributed by atoms with Crippen molar-refractivity contribution in [3.05, 3.63) is 11.6 Å². The molecule has 2 amide bonds. The number of ether oxygens (including phenoxy) is 2. The summed E-state index contributed by atoms with van der Waals surface area (Å²) in [5.41, 5.74) is 0.844. The zero-order valence-corrected chi connectivity index (χ0v) is 15.4. The number of esters is 2. The number of fused-ring (bicyclic) bond motifs is 3. The van der Waals surface area contributed by atoms with E-state index in [4.69, 9.17) is 9.47 Å². The number of allylic oxidation sites excluding steroid dienone is 1. The first kappa shape index (κ1) is 16.8. The van der Waals surface area contributed by atoms with E-state index in [9.17, 15) is 19.2 Å². The molecule has 0 spiro atoms. The second-order valence-corrected chi connectivity index (χ2v) is 8.26. The van der Waals surface area contributed by atoms with Gasteiger partial charge in [-0.05, 0) is 18.9 Å². The molecule has 25 heavy (non-hydrogen) atoms. The minimum Gasteiger partial charge on any atom is -0.469 e. The molecule has 0 aromatic heterocycles. The van der Waals surface area contributed by atoms with Gasteiger partial charge in [-0.25, -0.2) is 0 Å². The molecule has 3 saturated heterocycles. The Kier molecular flexibility index (Phi) is 3.62. The number of methoxy groups -OCH3 is 1. The third kappa shape index (κ3) is 1.91. The zero-order chi connectivity index (χ0) is 18.1. The summed E-state index contributed by atoms with van der Waals surface area (Å²) >= 11 is 3.48. The van der Waals surface area contributed by atoms with Gasteiger partial charge in [-0.3, -0.25) is 24.1 Å². The first-order valence-electron chi connectivity index (χ1n) is 8.39. The SMILES string of the molecule is CCN1C(=O)[C@H]2[C@H](CC=C3[C@@H]4C[C@H](C(=O)OC)[C@@](Br)(C(=O)O4)[C@H]32)C1=O. The van der Waals surface area contributed by atoms with E-state index in [0.717, 1.165) is 5.57 Å². The zero-order valence-electron chi connectivity index (χ0n) is 13.9. The van der Waals surface area contributed by atoms with Crippen molar-refractivity contribution >= 4 is 39.7 Å². The normalized spacial score (nSPS) is 41.9. The molecule has 0 aromatic rings. The van der Waals surface area contributed by atoms with Crippen molar-refractivity contribution in [2.45, 2.75) is 30.2 Å². The molecule has 1 saturated carbocycles. The predicted octanol–water partition coefficient (Wildman–Crippen LogP) is 0.806. The molecule has 8 heteroatoms. The number of imide groups is 1. The Morgan fingerprint density at radius 1 is 1.40 bits per heavy atom. The van der Waals surface area contributed by atoms with E-state index >= 15 is 0 Å². The van der Waals surface area contributed by atoms with Gasteiger partial charge in [0.25, 0.3) is 0 Å². The minimum absolute atomic E-state index is 0.201. The number of carbonyl (C=O) groups excluding carboxylic acids is 4. The summed E-state index contributed by atoms with van der Waals surface area (Å²) in [6.07, 6.45) is 2.15. The highest BCUT2D eigenvalue weighted by atomic mass is 79.9. The lowest BCUT2D eigenvalue weighted by atomic mass is 9.57. The van der Waals surface area contributed by atoms with Crippen molar-refractivity contribution in [1.29, 1.82) is 0 Å². The predicted molar refractivity (Wildman–Crippen MR) is 87.2 cm³/mol. The Balaban J connectivity index is 1.85. The van der Waals surface area contributed by atoms with Crippen LogP contribution in [0.4, 0.5) is 0 Å². The first-order valence-corrected chi connectivity index (χ1v) is 9.18. The molecule has 7 nitrogen and oxygen atoms in total. The number of halogens is 1. The molecule has 5 rings (SSSR count). The summed E-state index contributed by atoms with van der Waals surface area (Å²) in [5, 5.41) is 0. The molecule has 134 valence electrons. The van der Waals surface area contributed by atoms with E-state index in [1.807, 2.05) is 6.08 Å². The number of carbonyl (C=O) groups is 4. The third-order valence-corrected chi connectivity index (χ3v) is 7.41. The van der Waals surface area contributed by atoms with Gasteiger partial charge in [0.05, 0.1) is 24.9 Å². The fourth-order valence-electron chi connectivity index (χ4n) is 4.93. The molecule has 0 unspecified atom stereocenters. The number of alkyl halides is 1. The number of likely N-dealkylation sites (tertiary alicyclic amines) is 1. The maximum atomic E-state index is 12.9. The smallest absolute Gasteiger partial charge is 0.325 e. The number of hydrogen-bond donors (Lipinski definition) is 0. The van der Waals surface area contributed by atoms with Crippen LogP contribution in [0.15, 0.2) is 11.6 Å². The van der Waals surface area contributed by atoms with Crippen LogP contribution in [-0.2, 0) is 28.7 Å². The average Bonchev–Trinajstić information content (AvgIpc) is 2.85. The summed E-state index contributed by atoms with van der Waals surface area (Å²) in [6.45, 7) is 2.06. The van der Waals surface area contributed by atoms with E-state index in [2.05, 4.69) is 15.9 Å². The van der Waals surface area contributed by atoms with Crippen molar-refractivity contribution < 1.29 is 28.7 Å². The summed E-state index contributed by atoms with van der Waals surface area (Å²) in [5.74, 6) is -3.98. The van der Waals surface area contributed by atoms with Crippen molar-refractivity contribution in [3.8, 4) is 0 Å². The van der Waals surface area contributed by atoms with Gasteiger partial charge in [0.1, 0.15) is 10.4 Å². The van der Waals surface area contributed by atoms with E-state index in [1.54, 1.807) is 6.92 Å². The van der Waals surface area contributed by atoms with Gasteiger partial charge in [0, 0.05) is 18.9 Å². The summed E-state index contributed by atoms with van der Waals surface area (Å²) in [6, 6.07) is 0. The highest BCUT2D eigenvalue weighted by molar-refractivity contribution is 9.10. The molecule has 0 N–H and O–H groups in total. The molecule has 0 radical (unpaired) electrons. The standard InChI is InChI=1S/C17H18BrNO6/c1-3-19-13(20)8-5-4-7-10-6-9(15(22)24-2)17(18,16(23)25-10)12(7)11(8)14(19)21/h4,8-12H,3,5-6H2,1-2H3/t8-,9+,10-,11-,12+,17-/m0/s1. The van der Waals surface area contributed by atoms with Gasteiger partial charge in [0.2, 0.25) is 11.8 Å². The lowest BCUT2D eigenvalue weighted by Crippen LogP contribution is -2.66. The van der Waals surface area contributed by atoms with Crippen molar-refractivity contribution in [2.24, 2.45) is 23.7 Å². The highest BCUT2D eigenvalue weighted by Gasteiger charge is 2.70. The molecule has 5 aliphatic rings. The van der Waals surface area contributed by atoms with E-state index in [1.165, 1.54) is 12.0 Å². The monoisotopic (exact) mass is 411 g/mol. The Hall–Kier alpha value is -1.70. The third-order valence-electron chi connectivity index (χ3n) is 6.04. The quantitative estimate of drug-likeness (QED) is 0.289. The number of rotatable bonds is 2. The summed E-state index contributed by atoms with van der Waals surface area (Å²) < 4.78 is 8.98. The van der Waals surface area contributed by atoms with Crippen LogP contribution in [0, 0.1) is 23.7 Å². The topological polar surface area (TPSA) is 90.0 Å². The molecule has 3 heterocycles. The van der Waals surface area contributed by atoms with Gasteiger partial charge in [-0.1, -0.05) is 22.0 Å². The van der Waals surface area contributed by atoms with Crippen LogP contribution in [0.25, 0.3) is 0 Å². The van der Waals surface area contributed by atoms with Gasteiger partial charge in [-0.2, -0.15) is 0 Å². The van der Waals surface area contributed by atoms with E-state index in [0.29, 0.717) is 19.4 Å². The minimum atomic E-state index is -1.37. The largest absolute Gasteiger partial charge is 0.469 e. The van der Waals surface area contributed by atoms with Crippen LogP contribution >= 0.6 is 15.9 Å².